The lowest BCUT2D eigenvalue weighted by molar-refractivity contribution is 0.103. The topological polar surface area (TPSA) is 26.3 Å². The van der Waals surface area contributed by atoms with E-state index in [4.69, 9.17) is 4.74 Å². The van der Waals surface area contributed by atoms with Crippen LogP contribution in [0, 0.1) is 0 Å². The molecule has 1 heterocycles. The monoisotopic (exact) mass is 336 g/mol. The lowest BCUT2D eigenvalue weighted by Crippen LogP contribution is -2.14. The minimum Gasteiger partial charge on any atom is -0.455 e. The Balaban J connectivity index is 1.70. The van der Waals surface area contributed by atoms with E-state index >= 15 is 0 Å². The highest BCUT2D eigenvalue weighted by molar-refractivity contribution is 6.16. The van der Waals surface area contributed by atoms with Crippen molar-refractivity contribution in [1.29, 1.82) is 0 Å². The minimum absolute atomic E-state index is 0.00540. The first-order valence-corrected chi connectivity index (χ1v) is 8.67. The fraction of sp³-hybridized carbons (Fsp3) is 0.0417. The summed E-state index contributed by atoms with van der Waals surface area (Å²) in [5.41, 5.74) is 4.43. The Hall–Kier alpha value is -3.39. The van der Waals surface area contributed by atoms with Crippen LogP contribution >= 0.6 is 0 Å². The van der Waals surface area contributed by atoms with Gasteiger partial charge in [0.1, 0.15) is 11.5 Å². The van der Waals surface area contributed by atoms with Crippen molar-refractivity contribution in [3.63, 3.8) is 0 Å². The molecule has 0 saturated heterocycles. The van der Waals surface area contributed by atoms with Crippen molar-refractivity contribution in [1.82, 2.24) is 0 Å². The Labute approximate surface area is 151 Å². The molecule has 5 rings (SSSR count). The van der Waals surface area contributed by atoms with Crippen molar-refractivity contribution in [3.05, 3.63) is 101 Å². The van der Waals surface area contributed by atoms with Crippen molar-refractivity contribution in [2.45, 2.75) is 6.92 Å². The van der Waals surface area contributed by atoms with E-state index in [0.717, 1.165) is 38.8 Å². The first kappa shape index (κ1) is 14.9. The predicted octanol–water partition coefficient (Wildman–Crippen LogP) is 5.80. The molecule has 1 aliphatic carbocycles. The summed E-state index contributed by atoms with van der Waals surface area (Å²) in [6, 6.07) is 20.0. The lowest BCUT2D eigenvalue weighted by atomic mass is 9.90. The third-order valence-corrected chi connectivity index (χ3v) is 5.01. The van der Waals surface area contributed by atoms with Crippen molar-refractivity contribution in [2.24, 2.45) is 0 Å². The second-order valence-electron chi connectivity index (χ2n) is 6.62. The van der Waals surface area contributed by atoms with Gasteiger partial charge in [-0.05, 0) is 35.6 Å². The van der Waals surface area contributed by atoms with Crippen molar-refractivity contribution >= 4 is 28.2 Å². The van der Waals surface area contributed by atoms with E-state index in [9.17, 15) is 4.79 Å². The number of hydrogen-bond acceptors (Lipinski definition) is 2. The van der Waals surface area contributed by atoms with Crippen LogP contribution in [0.5, 0.6) is 5.75 Å². The average molecular weight is 336 g/mol. The molecule has 0 saturated carbocycles. The van der Waals surface area contributed by atoms with Gasteiger partial charge >= 0.3 is 0 Å². The molecule has 3 aromatic carbocycles. The molecule has 2 heteroatoms. The van der Waals surface area contributed by atoms with Crippen LogP contribution in [0.15, 0.2) is 84.1 Å². The van der Waals surface area contributed by atoms with Crippen LogP contribution in [0.1, 0.15) is 28.4 Å². The quantitative estimate of drug-likeness (QED) is 0.485. The molecule has 1 aliphatic heterocycles. The number of carbonyl (C=O) groups excluding carboxylic acids is 1. The molecule has 0 aromatic heterocycles. The number of ether oxygens (including phenoxy) is 1. The Morgan fingerprint density at radius 1 is 0.808 bits per heavy atom. The lowest BCUT2D eigenvalue weighted by Gasteiger charge is -2.23. The SMILES string of the molecule is CC1=C/C(=C2/C=Cc3ccccc3C2=O)Oc2c1ccc1ccccc21. The van der Waals surface area contributed by atoms with Gasteiger partial charge in [-0.3, -0.25) is 4.79 Å². The van der Waals surface area contributed by atoms with Crippen LogP contribution in [0.3, 0.4) is 0 Å². The summed E-state index contributed by atoms with van der Waals surface area (Å²) in [5, 5.41) is 2.18. The molecule has 2 nitrogen and oxygen atoms in total. The van der Waals surface area contributed by atoms with E-state index in [1.54, 1.807) is 0 Å². The Morgan fingerprint density at radius 3 is 2.54 bits per heavy atom. The minimum atomic E-state index is 0.00540. The summed E-state index contributed by atoms with van der Waals surface area (Å²) in [6.45, 7) is 2.06. The third kappa shape index (κ3) is 2.16. The second-order valence-corrected chi connectivity index (χ2v) is 6.62. The van der Waals surface area contributed by atoms with Crippen LogP contribution in [-0.2, 0) is 0 Å². The zero-order valence-electron chi connectivity index (χ0n) is 14.3. The molecule has 0 fully saturated rings. The maximum Gasteiger partial charge on any atom is 0.197 e. The normalized spacial score (nSPS) is 18.2. The van der Waals surface area contributed by atoms with Crippen LogP contribution in [0.2, 0.25) is 0 Å². The number of rotatable bonds is 0. The van der Waals surface area contributed by atoms with E-state index in [2.05, 4.69) is 31.2 Å². The van der Waals surface area contributed by atoms with Gasteiger partial charge < -0.3 is 4.74 Å². The van der Waals surface area contributed by atoms with Gasteiger partial charge in [0, 0.05) is 16.5 Å². The Kier molecular flexibility index (Phi) is 3.19. The van der Waals surface area contributed by atoms with E-state index in [1.165, 1.54) is 0 Å². The number of Topliss-reactive ketones (excluding diaryl/α,β-unsaturated/α-hetero) is 1. The molecule has 0 N–H and O–H groups in total. The zero-order valence-corrected chi connectivity index (χ0v) is 14.3. The number of fused-ring (bicyclic) bond motifs is 4. The summed E-state index contributed by atoms with van der Waals surface area (Å²) < 4.78 is 6.27. The molecule has 26 heavy (non-hydrogen) atoms. The molecule has 0 amide bonds. The molecule has 124 valence electrons. The summed E-state index contributed by atoms with van der Waals surface area (Å²) >= 11 is 0. The highest BCUT2D eigenvalue weighted by Crippen LogP contribution is 2.40. The average Bonchev–Trinajstić information content (AvgIpc) is 2.68. The highest BCUT2D eigenvalue weighted by atomic mass is 16.5. The van der Waals surface area contributed by atoms with Gasteiger partial charge in [0.2, 0.25) is 0 Å². The number of benzene rings is 3. The maximum atomic E-state index is 13.0. The number of carbonyl (C=O) groups is 1. The zero-order chi connectivity index (χ0) is 17.7. The number of ketones is 1. The fourth-order valence-electron chi connectivity index (χ4n) is 3.65. The van der Waals surface area contributed by atoms with Crippen molar-refractivity contribution < 1.29 is 9.53 Å². The summed E-state index contributed by atoms with van der Waals surface area (Å²) in [5.74, 6) is 1.44. The first-order chi connectivity index (χ1) is 12.7. The predicted molar refractivity (Wildman–Crippen MR) is 105 cm³/mol. The van der Waals surface area contributed by atoms with Gasteiger partial charge in [0.05, 0.1) is 5.57 Å². The van der Waals surface area contributed by atoms with Crippen LogP contribution < -0.4 is 4.74 Å². The summed E-state index contributed by atoms with van der Waals surface area (Å²) in [6.07, 6.45) is 5.80. The van der Waals surface area contributed by atoms with E-state index in [1.807, 2.05) is 54.6 Å². The van der Waals surface area contributed by atoms with Gasteiger partial charge in [0.25, 0.3) is 0 Å². The second kappa shape index (κ2) is 5.57. The molecule has 0 spiro atoms. The van der Waals surface area contributed by atoms with Gasteiger partial charge in [0.15, 0.2) is 5.78 Å². The highest BCUT2D eigenvalue weighted by Gasteiger charge is 2.25. The molecule has 0 unspecified atom stereocenters. The molecule has 2 aliphatic rings. The van der Waals surface area contributed by atoms with E-state index in [0.29, 0.717) is 11.3 Å². The third-order valence-electron chi connectivity index (χ3n) is 5.01. The van der Waals surface area contributed by atoms with Crippen LogP contribution in [0.4, 0.5) is 0 Å². The molecule has 0 bridgehead atoms. The van der Waals surface area contributed by atoms with Gasteiger partial charge in [-0.1, -0.05) is 66.7 Å². The fourth-order valence-corrected chi connectivity index (χ4v) is 3.65. The summed E-state index contributed by atoms with van der Waals surface area (Å²) in [4.78, 5) is 13.0. The standard InChI is InChI=1S/C24H16O2/c1-15-14-22(21-13-11-16-6-2-4-8-19(16)23(21)25)26-24-18(15)12-10-17-7-3-5-9-20(17)24/h2-14H,1H3/b22-21+. The van der Waals surface area contributed by atoms with Gasteiger partial charge in [-0.2, -0.15) is 0 Å². The Bertz CT molecular complexity index is 1180. The first-order valence-electron chi connectivity index (χ1n) is 8.67. The van der Waals surface area contributed by atoms with Crippen LogP contribution in [0.25, 0.3) is 22.4 Å². The van der Waals surface area contributed by atoms with Crippen molar-refractivity contribution in [2.75, 3.05) is 0 Å². The molecule has 0 radical (unpaired) electrons. The van der Waals surface area contributed by atoms with Crippen LogP contribution in [-0.4, -0.2) is 5.78 Å². The smallest absolute Gasteiger partial charge is 0.197 e. The molecular formula is C24H16O2. The number of allylic oxidation sites excluding steroid dienone is 4. The molecule has 0 atom stereocenters. The maximum absolute atomic E-state index is 13.0. The summed E-state index contributed by atoms with van der Waals surface area (Å²) in [7, 11) is 0. The molecule has 3 aromatic rings. The Morgan fingerprint density at radius 2 is 1.62 bits per heavy atom. The largest absolute Gasteiger partial charge is 0.455 e. The van der Waals surface area contributed by atoms with Crippen molar-refractivity contribution in [3.8, 4) is 5.75 Å². The van der Waals surface area contributed by atoms with Gasteiger partial charge in [-0.15, -0.1) is 0 Å². The molecular weight excluding hydrogens is 320 g/mol. The van der Waals surface area contributed by atoms with Gasteiger partial charge in [-0.25, -0.2) is 0 Å². The number of hydrogen-bond donors (Lipinski definition) is 0. The van der Waals surface area contributed by atoms with E-state index < -0.39 is 0 Å². The van der Waals surface area contributed by atoms with E-state index in [-0.39, 0.29) is 5.78 Å².